The topological polar surface area (TPSA) is 46.6 Å². The van der Waals surface area contributed by atoms with Crippen LogP contribution in [0, 0.1) is 11.8 Å². The summed E-state index contributed by atoms with van der Waals surface area (Å²) in [5.41, 5.74) is 2.48. The maximum Gasteiger partial charge on any atom is 0.230 e. The summed E-state index contributed by atoms with van der Waals surface area (Å²) in [5.74, 6) is -0.164. The number of fused-ring (bicyclic) bond motifs is 1. The first-order valence-electron chi connectivity index (χ1n) is 12.0. The summed E-state index contributed by atoms with van der Waals surface area (Å²) in [4.78, 5) is 28.9. The summed E-state index contributed by atoms with van der Waals surface area (Å²) in [6, 6.07) is 18.2. The van der Waals surface area contributed by atoms with E-state index in [1.54, 1.807) is 0 Å². The number of rotatable bonds is 5. The Kier molecular flexibility index (Phi) is 4.80. The number of carbonyl (C=O) groups is 2. The Balaban J connectivity index is 1.23. The summed E-state index contributed by atoms with van der Waals surface area (Å²) in [6.07, 6.45) is 10.1. The standard InChI is InChI=1S/C28H29NO3/c30-26(22-13-11-21(12-14-22)20-9-5-2-6-10-20)24-23-15-16-28(32-23)18-29(27(31)25(24)28)17-19-7-3-1-4-8-19/h1,3-4,7-8,11-16,20,23-25H,2,5-6,9-10,17-18H2/t23-,24+,25+,28+/m1/s1. The molecule has 0 N–H and O–H groups in total. The van der Waals surface area contributed by atoms with Crippen molar-refractivity contribution in [3.05, 3.63) is 83.4 Å². The van der Waals surface area contributed by atoms with Gasteiger partial charge in [0.15, 0.2) is 5.78 Å². The van der Waals surface area contributed by atoms with Crippen LogP contribution in [0.4, 0.5) is 0 Å². The highest BCUT2D eigenvalue weighted by Gasteiger charge is 2.66. The minimum absolute atomic E-state index is 0.0383. The van der Waals surface area contributed by atoms with Gasteiger partial charge >= 0.3 is 0 Å². The van der Waals surface area contributed by atoms with Gasteiger partial charge in [-0.05, 0) is 29.9 Å². The van der Waals surface area contributed by atoms with E-state index in [4.69, 9.17) is 4.74 Å². The molecule has 3 fully saturated rings. The zero-order valence-corrected chi connectivity index (χ0v) is 18.3. The number of carbonyl (C=O) groups excluding carboxylic acids is 2. The van der Waals surface area contributed by atoms with Crippen LogP contribution in [0.1, 0.15) is 59.5 Å². The Morgan fingerprint density at radius 1 is 1.00 bits per heavy atom. The maximum atomic E-state index is 13.6. The molecular weight excluding hydrogens is 398 g/mol. The van der Waals surface area contributed by atoms with Crippen molar-refractivity contribution in [3.8, 4) is 0 Å². The fourth-order valence-electron chi connectivity index (χ4n) is 6.36. The smallest absolute Gasteiger partial charge is 0.230 e. The fraction of sp³-hybridized carbons (Fsp3) is 0.429. The predicted octanol–water partition coefficient (Wildman–Crippen LogP) is 4.90. The highest BCUT2D eigenvalue weighted by Crippen LogP contribution is 2.53. The van der Waals surface area contributed by atoms with Gasteiger partial charge in [-0.2, -0.15) is 0 Å². The van der Waals surface area contributed by atoms with Gasteiger partial charge in [-0.3, -0.25) is 9.59 Å². The number of nitrogens with zero attached hydrogens (tertiary/aromatic N) is 1. The second kappa shape index (κ2) is 7.70. The van der Waals surface area contributed by atoms with Crippen LogP contribution >= 0.6 is 0 Å². The van der Waals surface area contributed by atoms with Crippen LogP contribution in [-0.4, -0.2) is 34.8 Å². The normalized spacial score (nSPS) is 31.3. The SMILES string of the molecule is O=C(c1ccc(C2CCCCC2)cc1)[C@@H]1[C@H]2C(=O)N(Cc3ccccc3)C[C@@]23C=C[C@H]1O3. The van der Waals surface area contributed by atoms with Crippen molar-refractivity contribution in [3.63, 3.8) is 0 Å². The quantitative estimate of drug-likeness (QED) is 0.504. The van der Waals surface area contributed by atoms with Gasteiger partial charge in [0.2, 0.25) is 5.91 Å². The van der Waals surface area contributed by atoms with Gasteiger partial charge in [0, 0.05) is 12.1 Å². The Labute approximate surface area is 189 Å². The van der Waals surface area contributed by atoms with Crippen LogP contribution in [0.5, 0.6) is 0 Å². The molecule has 1 spiro atoms. The molecule has 0 radical (unpaired) electrons. The van der Waals surface area contributed by atoms with Crippen LogP contribution in [0.25, 0.3) is 0 Å². The second-order valence-electron chi connectivity index (χ2n) is 9.90. The van der Waals surface area contributed by atoms with Crippen molar-refractivity contribution < 1.29 is 14.3 Å². The molecule has 4 atom stereocenters. The molecule has 1 saturated carbocycles. The molecule has 0 aromatic heterocycles. The molecule has 0 unspecified atom stereocenters. The summed E-state index contributed by atoms with van der Waals surface area (Å²) < 4.78 is 6.30. The second-order valence-corrected chi connectivity index (χ2v) is 9.90. The van der Waals surface area contributed by atoms with E-state index in [1.807, 2.05) is 59.5 Å². The first-order valence-corrected chi connectivity index (χ1v) is 12.0. The minimum atomic E-state index is -0.654. The Morgan fingerprint density at radius 3 is 2.50 bits per heavy atom. The van der Waals surface area contributed by atoms with Gasteiger partial charge < -0.3 is 9.64 Å². The Hall–Kier alpha value is -2.72. The van der Waals surface area contributed by atoms with E-state index in [2.05, 4.69) is 12.1 Å². The molecule has 2 saturated heterocycles. The van der Waals surface area contributed by atoms with Crippen molar-refractivity contribution in [1.82, 2.24) is 4.90 Å². The Morgan fingerprint density at radius 2 is 1.75 bits per heavy atom. The fourth-order valence-corrected chi connectivity index (χ4v) is 6.36. The number of Topliss-reactive ketones (excluding diaryl/α,β-unsaturated/α-hetero) is 1. The van der Waals surface area contributed by atoms with Crippen molar-refractivity contribution in [2.24, 2.45) is 11.8 Å². The highest BCUT2D eigenvalue weighted by molar-refractivity contribution is 6.03. The zero-order valence-electron chi connectivity index (χ0n) is 18.3. The molecular formula is C28H29NO3. The molecule has 4 nitrogen and oxygen atoms in total. The van der Waals surface area contributed by atoms with E-state index in [-0.39, 0.29) is 17.8 Å². The van der Waals surface area contributed by atoms with Crippen LogP contribution in [-0.2, 0) is 16.1 Å². The summed E-state index contributed by atoms with van der Waals surface area (Å²) >= 11 is 0. The van der Waals surface area contributed by atoms with Crippen LogP contribution in [0.15, 0.2) is 66.7 Å². The number of benzene rings is 2. The lowest BCUT2D eigenvalue weighted by molar-refractivity contribution is -0.132. The van der Waals surface area contributed by atoms with Gasteiger partial charge in [0.1, 0.15) is 5.60 Å². The first-order chi connectivity index (χ1) is 15.6. The molecule has 1 amide bonds. The number of hydrogen-bond donors (Lipinski definition) is 0. The van der Waals surface area contributed by atoms with Gasteiger partial charge in [0.05, 0.1) is 24.5 Å². The molecule has 2 aromatic carbocycles. The summed E-state index contributed by atoms with van der Waals surface area (Å²) in [7, 11) is 0. The van der Waals surface area contributed by atoms with E-state index in [9.17, 15) is 9.59 Å². The average Bonchev–Trinajstić information content (AvgIpc) is 3.48. The number of hydrogen-bond acceptors (Lipinski definition) is 3. The molecule has 2 aromatic rings. The number of likely N-dealkylation sites (tertiary alicyclic amines) is 1. The maximum absolute atomic E-state index is 13.6. The molecule has 4 heteroatoms. The molecule has 3 heterocycles. The monoisotopic (exact) mass is 427 g/mol. The van der Waals surface area contributed by atoms with Crippen LogP contribution in [0.2, 0.25) is 0 Å². The van der Waals surface area contributed by atoms with Gasteiger partial charge in [-0.25, -0.2) is 0 Å². The van der Waals surface area contributed by atoms with E-state index >= 15 is 0 Å². The summed E-state index contributed by atoms with van der Waals surface area (Å²) in [5, 5.41) is 0. The Bertz CT molecular complexity index is 1050. The number of ketones is 1. The highest BCUT2D eigenvalue weighted by atomic mass is 16.5. The van der Waals surface area contributed by atoms with Gasteiger partial charge in [-0.15, -0.1) is 0 Å². The lowest BCUT2D eigenvalue weighted by Crippen LogP contribution is -2.39. The van der Waals surface area contributed by atoms with Crippen molar-refractivity contribution in [2.45, 2.75) is 56.3 Å². The molecule has 3 aliphatic heterocycles. The third-order valence-corrected chi connectivity index (χ3v) is 7.97. The predicted molar refractivity (Wildman–Crippen MR) is 122 cm³/mol. The number of amides is 1. The van der Waals surface area contributed by atoms with E-state index in [0.29, 0.717) is 24.6 Å². The lowest BCUT2D eigenvalue weighted by atomic mass is 9.74. The van der Waals surface area contributed by atoms with E-state index in [1.165, 1.54) is 37.7 Å². The molecule has 32 heavy (non-hydrogen) atoms. The molecule has 1 aliphatic carbocycles. The molecule has 4 aliphatic rings. The largest absolute Gasteiger partial charge is 0.360 e. The van der Waals surface area contributed by atoms with Gasteiger partial charge in [-0.1, -0.05) is 86.0 Å². The average molecular weight is 428 g/mol. The van der Waals surface area contributed by atoms with Crippen molar-refractivity contribution >= 4 is 11.7 Å². The number of ether oxygens (including phenoxy) is 1. The molecule has 2 bridgehead atoms. The van der Waals surface area contributed by atoms with Gasteiger partial charge in [0.25, 0.3) is 0 Å². The van der Waals surface area contributed by atoms with Crippen molar-refractivity contribution in [1.29, 1.82) is 0 Å². The lowest BCUT2D eigenvalue weighted by Gasteiger charge is -2.24. The van der Waals surface area contributed by atoms with Crippen LogP contribution in [0.3, 0.4) is 0 Å². The summed E-state index contributed by atoms with van der Waals surface area (Å²) in [6.45, 7) is 1.07. The zero-order chi connectivity index (χ0) is 21.7. The van der Waals surface area contributed by atoms with Crippen molar-refractivity contribution in [2.75, 3.05) is 6.54 Å². The molecule has 164 valence electrons. The first kappa shape index (κ1) is 19.9. The van der Waals surface area contributed by atoms with E-state index in [0.717, 1.165) is 5.56 Å². The minimum Gasteiger partial charge on any atom is -0.360 e. The van der Waals surface area contributed by atoms with Crippen LogP contribution < -0.4 is 0 Å². The third-order valence-electron chi connectivity index (χ3n) is 7.97. The third kappa shape index (κ3) is 3.15. The van der Waals surface area contributed by atoms with E-state index < -0.39 is 17.4 Å². The molecule has 6 rings (SSSR count).